The molecule has 2 aromatic carbocycles. The molecule has 2 aromatic heterocycles. The van der Waals surface area contributed by atoms with Crippen molar-refractivity contribution in [2.24, 2.45) is 0 Å². The summed E-state index contributed by atoms with van der Waals surface area (Å²) in [6, 6.07) is 17.3. The fourth-order valence-corrected chi connectivity index (χ4v) is 4.07. The number of pyridine rings is 1. The van der Waals surface area contributed by atoms with E-state index in [4.69, 9.17) is 0 Å². The Labute approximate surface area is 175 Å². The molecule has 4 aromatic rings. The van der Waals surface area contributed by atoms with E-state index < -0.39 is 6.61 Å². The second kappa shape index (κ2) is 8.62. The van der Waals surface area contributed by atoms with Crippen LogP contribution in [0.4, 0.5) is 8.78 Å². The lowest BCUT2D eigenvalue weighted by molar-refractivity contribution is -0.0503. The number of aryl methyl sites for hydroxylation is 1. The molecule has 0 saturated carbocycles. The van der Waals surface area contributed by atoms with Gasteiger partial charge in [0.2, 0.25) is 0 Å². The molecule has 152 valence electrons. The topological polar surface area (TPSA) is 57.0 Å². The van der Waals surface area contributed by atoms with Crippen molar-refractivity contribution < 1.29 is 13.5 Å². The zero-order valence-electron chi connectivity index (χ0n) is 16.0. The molecule has 8 heteroatoms. The van der Waals surface area contributed by atoms with Crippen LogP contribution in [0.15, 0.2) is 76.8 Å². The molecular formula is C22H17F2N3O2S. The molecule has 0 atom stereocenters. The van der Waals surface area contributed by atoms with Gasteiger partial charge in [-0.25, -0.2) is 14.5 Å². The highest BCUT2D eigenvalue weighted by molar-refractivity contribution is 7.98. The molecular weight excluding hydrogens is 408 g/mol. The van der Waals surface area contributed by atoms with Crippen molar-refractivity contribution in [2.45, 2.75) is 24.4 Å². The molecule has 0 spiro atoms. The Hall–Kier alpha value is -3.26. The van der Waals surface area contributed by atoms with Crippen molar-refractivity contribution >= 4 is 22.7 Å². The number of benzene rings is 2. The number of rotatable bonds is 6. The predicted molar refractivity (Wildman–Crippen MR) is 113 cm³/mol. The van der Waals surface area contributed by atoms with E-state index in [-0.39, 0.29) is 11.3 Å². The maximum absolute atomic E-state index is 13.3. The Morgan fingerprint density at radius 3 is 2.63 bits per heavy atom. The van der Waals surface area contributed by atoms with Crippen LogP contribution in [-0.2, 0) is 5.75 Å². The van der Waals surface area contributed by atoms with Gasteiger partial charge in [0, 0.05) is 17.5 Å². The monoisotopic (exact) mass is 425 g/mol. The van der Waals surface area contributed by atoms with Crippen molar-refractivity contribution in [3.63, 3.8) is 0 Å². The normalized spacial score (nSPS) is 11.2. The molecule has 0 aliphatic carbocycles. The van der Waals surface area contributed by atoms with Gasteiger partial charge in [-0.2, -0.15) is 8.78 Å². The maximum Gasteiger partial charge on any atom is 0.387 e. The lowest BCUT2D eigenvalue weighted by Gasteiger charge is -2.15. The van der Waals surface area contributed by atoms with Gasteiger partial charge in [-0.3, -0.25) is 4.79 Å². The van der Waals surface area contributed by atoms with Crippen molar-refractivity contribution in [3.05, 3.63) is 88.3 Å². The fourth-order valence-electron chi connectivity index (χ4n) is 3.08. The third-order valence-electron chi connectivity index (χ3n) is 4.48. The summed E-state index contributed by atoms with van der Waals surface area (Å²) in [7, 11) is 0. The third kappa shape index (κ3) is 4.04. The van der Waals surface area contributed by atoms with Crippen LogP contribution in [0.1, 0.15) is 11.1 Å². The molecule has 30 heavy (non-hydrogen) atoms. The fraction of sp³-hybridized carbons (Fsp3) is 0.136. The molecule has 0 amide bonds. The summed E-state index contributed by atoms with van der Waals surface area (Å²) in [5, 5.41) is 0.903. The van der Waals surface area contributed by atoms with Gasteiger partial charge in [0.15, 0.2) is 5.16 Å². The van der Waals surface area contributed by atoms with Gasteiger partial charge < -0.3 is 4.74 Å². The molecule has 0 fully saturated rings. The van der Waals surface area contributed by atoms with Crippen molar-refractivity contribution in [3.8, 4) is 11.6 Å². The van der Waals surface area contributed by atoms with Gasteiger partial charge >= 0.3 is 6.61 Å². The van der Waals surface area contributed by atoms with E-state index in [1.807, 2.05) is 19.1 Å². The Kier molecular flexibility index (Phi) is 5.76. The van der Waals surface area contributed by atoms with Crippen LogP contribution in [0.25, 0.3) is 16.7 Å². The number of thioether (sulfide) groups is 1. The quantitative estimate of drug-likeness (QED) is 0.322. The van der Waals surface area contributed by atoms with Crippen LogP contribution in [0.5, 0.6) is 5.75 Å². The standard InChI is InChI=1S/C22H17F2N3O2S/c1-14-7-6-12-25-19(14)27-20(28)16-9-3-4-10-17(16)26-22(27)30-13-15-8-2-5-11-18(15)29-21(23)24/h2-12,21H,13H2,1H3. The molecule has 0 aliphatic rings. The van der Waals surface area contributed by atoms with Gasteiger partial charge in [0.05, 0.1) is 10.9 Å². The van der Waals surface area contributed by atoms with Crippen LogP contribution < -0.4 is 10.3 Å². The average molecular weight is 425 g/mol. The van der Waals surface area contributed by atoms with Crippen molar-refractivity contribution in [2.75, 3.05) is 0 Å². The summed E-state index contributed by atoms with van der Waals surface area (Å²) in [5.41, 5.74) is 1.73. The number of ether oxygens (including phenoxy) is 1. The SMILES string of the molecule is Cc1cccnc1-n1c(SCc2ccccc2OC(F)F)nc2ccccc2c1=O. The third-order valence-corrected chi connectivity index (χ3v) is 5.47. The summed E-state index contributed by atoms with van der Waals surface area (Å²) in [5.74, 6) is 0.878. The van der Waals surface area contributed by atoms with Gasteiger partial charge in [0.25, 0.3) is 5.56 Å². The van der Waals surface area contributed by atoms with Crippen LogP contribution in [0, 0.1) is 6.92 Å². The minimum absolute atomic E-state index is 0.101. The highest BCUT2D eigenvalue weighted by atomic mass is 32.2. The first kappa shape index (κ1) is 20.0. The van der Waals surface area contributed by atoms with Crippen molar-refractivity contribution in [1.82, 2.24) is 14.5 Å². The molecule has 0 radical (unpaired) electrons. The first-order valence-electron chi connectivity index (χ1n) is 9.14. The molecule has 0 unspecified atom stereocenters. The minimum Gasteiger partial charge on any atom is -0.435 e. The minimum atomic E-state index is -2.91. The van der Waals surface area contributed by atoms with E-state index in [0.717, 1.165) is 5.56 Å². The van der Waals surface area contributed by atoms with Crippen LogP contribution in [0.2, 0.25) is 0 Å². The molecule has 0 saturated heterocycles. The number of hydrogen-bond acceptors (Lipinski definition) is 5. The molecule has 2 heterocycles. The van der Waals surface area contributed by atoms with Gasteiger partial charge in [0.1, 0.15) is 11.6 Å². The molecule has 4 rings (SSSR count). The first-order valence-corrected chi connectivity index (χ1v) is 10.1. The van der Waals surface area contributed by atoms with E-state index in [2.05, 4.69) is 14.7 Å². The van der Waals surface area contributed by atoms with Gasteiger partial charge in [-0.1, -0.05) is 48.2 Å². The number of alkyl halides is 2. The largest absolute Gasteiger partial charge is 0.435 e. The first-order chi connectivity index (χ1) is 14.5. The number of para-hydroxylation sites is 2. The molecule has 0 aliphatic heterocycles. The van der Waals surface area contributed by atoms with E-state index in [1.54, 1.807) is 48.7 Å². The Bertz CT molecular complexity index is 1260. The second-order valence-corrected chi connectivity index (χ2v) is 7.41. The Morgan fingerprint density at radius 1 is 1.07 bits per heavy atom. The van der Waals surface area contributed by atoms with Gasteiger partial charge in [-0.05, 0) is 36.8 Å². The zero-order valence-corrected chi connectivity index (χ0v) is 16.8. The maximum atomic E-state index is 13.3. The number of halogens is 2. The lowest BCUT2D eigenvalue weighted by atomic mass is 10.2. The predicted octanol–water partition coefficient (Wildman–Crippen LogP) is 4.98. The highest BCUT2D eigenvalue weighted by Crippen LogP contribution is 2.29. The van der Waals surface area contributed by atoms with E-state index >= 15 is 0 Å². The van der Waals surface area contributed by atoms with Crippen molar-refractivity contribution in [1.29, 1.82) is 0 Å². The summed E-state index contributed by atoms with van der Waals surface area (Å²) >= 11 is 1.26. The molecule has 0 bridgehead atoms. The Morgan fingerprint density at radius 2 is 1.83 bits per heavy atom. The summed E-state index contributed by atoms with van der Waals surface area (Å²) in [6.45, 7) is -1.05. The van der Waals surface area contributed by atoms with Crippen LogP contribution in [0.3, 0.4) is 0 Å². The molecule has 5 nitrogen and oxygen atoms in total. The second-order valence-electron chi connectivity index (χ2n) is 6.47. The average Bonchev–Trinajstić information content (AvgIpc) is 2.74. The van der Waals surface area contributed by atoms with E-state index in [9.17, 15) is 13.6 Å². The summed E-state index contributed by atoms with van der Waals surface area (Å²) in [4.78, 5) is 22.3. The highest BCUT2D eigenvalue weighted by Gasteiger charge is 2.17. The number of nitrogens with zero attached hydrogens (tertiary/aromatic N) is 3. The summed E-state index contributed by atoms with van der Waals surface area (Å²) < 4.78 is 31.5. The zero-order chi connectivity index (χ0) is 21.1. The Balaban J connectivity index is 1.80. The number of hydrogen-bond donors (Lipinski definition) is 0. The van der Waals surface area contributed by atoms with Crippen LogP contribution >= 0.6 is 11.8 Å². The number of fused-ring (bicyclic) bond motifs is 1. The summed E-state index contributed by atoms with van der Waals surface area (Å²) in [6.07, 6.45) is 1.62. The van der Waals surface area contributed by atoms with Gasteiger partial charge in [-0.15, -0.1) is 0 Å². The van der Waals surface area contributed by atoms with E-state index in [1.165, 1.54) is 22.4 Å². The number of aromatic nitrogens is 3. The smallest absolute Gasteiger partial charge is 0.387 e. The van der Waals surface area contributed by atoms with Crippen LogP contribution in [-0.4, -0.2) is 21.1 Å². The lowest BCUT2D eigenvalue weighted by Crippen LogP contribution is -2.23. The molecule has 0 N–H and O–H groups in total. The van der Waals surface area contributed by atoms with E-state index in [0.29, 0.717) is 33.2 Å².